The molecule has 0 radical (unpaired) electrons. The van der Waals surface area contributed by atoms with Crippen molar-refractivity contribution in [2.45, 2.75) is 25.7 Å². The molecule has 2 aliphatic carbocycles. The Morgan fingerprint density at radius 2 is 1.81 bits per heavy atom. The second-order valence-electron chi connectivity index (χ2n) is 7.14. The zero-order valence-corrected chi connectivity index (χ0v) is 14.9. The van der Waals surface area contributed by atoms with E-state index >= 15 is 0 Å². The van der Waals surface area contributed by atoms with Crippen LogP contribution < -0.4 is 4.74 Å². The first-order valence-corrected chi connectivity index (χ1v) is 8.67. The van der Waals surface area contributed by atoms with Crippen LogP contribution in [-0.2, 0) is 0 Å². The Hall–Kier alpha value is -3.10. The number of nitrogens with zero attached hydrogens (tertiary/aromatic N) is 3. The Kier molecular flexibility index (Phi) is 4.54. The summed E-state index contributed by atoms with van der Waals surface area (Å²) >= 11 is 0. The minimum Gasteiger partial charge on any atom is -0.497 e. The first kappa shape index (κ1) is 17.7. The normalized spacial score (nSPS) is 29.3. The fourth-order valence-electron chi connectivity index (χ4n) is 4.38. The minimum atomic E-state index is -1.62. The molecule has 0 aromatic heterocycles. The molecule has 0 aliphatic heterocycles. The predicted molar refractivity (Wildman–Crippen MR) is 96.2 cm³/mol. The summed E-state index contributed by atoms with van der Waals surface area (Å²) in [5.74, 6) is 0.0121. The Morgan fingerprint density at radius 1 is 1.15 bits per heavy atom. The second-order valence-corrected chi connectivity index (χ2v) is 7.14. The molecule has 0 amide bonds. The number of ether oxygens (including phenoxy) is 1. The Balaban J connectivity index is 2.18. The maximum absolute atomic E-state index is 9.82. The van der Waals surface area contributed by atoms with Gasteiger partial charge < -0.3 is 10.1 Å². The van der Waals surface area contributed by atoms with Crippen LogP contribution in [-0.4, -0.2) is 12.8 Å². The SMILES string of the molecule is COc1ccc([C@@H]2[C@@H](C#N)C(=N)C(C#N)(C#N)C3=CC[C@@H](C)C[C@@H]32)cc1. The molecule has 0 saturated heterocycles. The number of hydrogen-bond acceptors (Lipinski definition) is 5. The number of hydrogen-bond donors (Lipinski definition) is 1. The van der Waals surface area contributed by atoms with E-state index in [9.17, 15) is 15.8 Å². The maximum atomic E-state index is 9.82. The second kappa shape index (κ2) is 6.66. The van der Waals surface area contributed by atoms with Crippen molar-refractivity contribution < 1.29 is 4.74 Å². The number of benzene rings is 1. The molecule has 1 saturated carbocycles. The Morgan fingerprint density at radius 3 is 2.35 bits per heavy atom. The standard InChI is InChI=1S/C21H20N4O/c1-13-3-8-18-16(9-13)19(14-4-6-15(26-2)7-5-14)17(10-22)20(25)21(18,11-23)12-24/h4-8,13,16-17,19,25H,3,9H2,1-2H3/t13-,16+,17-,19+/m1/s1. The highest BCUT2D eigenvalue weighted by Gasteiger charge is 2.56. The zero-order chi connectivity index (χ0) is 18.9. The number of rotatable bonds is 2. The van der Waals surface area contributed by atoms with Crippen molar-refractivity contribution in [3.63, 3.8) is 0 Å². The van der Waals surface area contributed by atoms with Gasteiger partial charge in [0.2, 0.25) is 5.41 Å². The van der Waals surface area contributed by atoms with Gasteiger partial charge in [-0.3, -0.25) is 0 Å². The summed E-state index contributed by atoms with van der Waals surface area (Å²) in [5, 5.41) is 37.9. The summed E-state index contributed by atoms with van der Waals surface area (Å²) in [6.07, 6.45) is 3.56. The predicted octanol–water partition coefficient (Wildman–Crippen LogP) is 3.96. The third kappa shape index (κ3) is 2.47. The number of nitriles is 3. The smallest absolute Gasteiger partial charge is 0.203 e. The number of methoxy groups -OCH3 is 1. The van der Waals surface area contributed by atoms with Gasteiger partial charge in [0.1, 0.15) is 5.75 Å². The van der Waals surface area contributed by atoms with Gasteiger partial charge in [-0.25, -0.2) is 0 Å². The van der Waals surface area contributed by atoms with E-state index in [1.165, 1.54) is 0 Å². The van der Waals surface area contributed by atoms with Crippen molar-refractivity contribution >= 4 is 5.71 Å². The molecule has 4 atom stereocenters. The highest BCUT2D eigenvalue weighted by Crippen LogP contribution is 2.55. The molecule has 130 valence electrons. The van der Waals surface area contributed by atoms with Gasteiger partial charge in [0.05, 0.1) is 36.9 Å². The molecule has 0 bridgehead atoms. The van der Waals surface area contributed by atoms with Crippen LogP contribution in [0.15, 0.2) is 35.9 Å². The van der Waals surface area contributed by atoms with E-state index in [0.717, 1.165) is 24.2 Å². The largest absolute Gasteiger partial charge is 0.497 e. The monoisotopic (exact) mass is 344 g/mol. The van der Waals surface area contributed by atoms with Crippen LogP contribution in [0.2, 0.25) is 0 Å². The van der Waals surface area contributed by atoms with Crippen molar-refractivity contribution in [3.05, 3.63) is 41.5 Å². The molecule has 5 nitrogen and oxygen atoms in total. The molecule has 26 heavy (non-hydrogen) atoms. The first-order chi connectivity index (χ1) is 12.5. The van der Waals surface area contributed by atoms with Crippen molar-refractivity contribution in [1.29, 1.82) is 21.2 Å². The molecule has 1 aromatic carbocycles. The van der Waals surface area contributed by atoms with Crippen LogP contribution in [0, 0.1) is 62.6 Å². The van der Waals surface area contributed by atoms with Gasteiger partial charge in [0.25, 0.3) is 0 Å². The van der Waals surface area contributed by atoms with E-state index in [4.69, 9.17) is 10.1 Å². The van der Waals surface area contributed by atoms with Gasteiger partial charge in [-0.15, -0.1) is 0 Å². The van der Waals surface area contributed by atoms with E-state index in [-0.39, 0.29) is 17.5 Å². The van der Waals surface area contributed by atoms with Crippen LogP contribution in [0.4, 0.5) is 0 Å². The van der Waals surface area contributed by atoms with E-state index in [2.05, 4.69) is 25.1 Å². The van der Waals surface area contributed by atoms with E-state index in [1.54, 1.807) is 7.11 Å². The van der Waals surface area contributed by atoms with Crippen molar-refractivity contribution in [2.75, 3.05) is 7.11 Å². The quantitative estimate of drug-likeness (QED) is 0.820. The van der Waals surface area contributed by atoms with E-state index in [1.807, 2.05) is 30.3 Å². The summed E-state index contributed by atoms with van der Waals surface area (Å²) in [6.45, 7) is 2.14. The third-order valence-corrected chi connectivity index (χ3v) is 5.71. The van der Waals surface area contributed by atoms with Gasteiger partial charge in [-0.2, -0.15) is 15.8 Å². The molecule has 1 N–H and O–H groups in total. The number of allylic oxidation sites excluding steroid dienone is 2. The first-order valence-electron chi connectivity index (χ1n) is 8.67. The molecular formula is C21H20N4O. The number of nitrogens with one attached hydrogen (secondary N) is 1. The Labute approximate surface area is 153 Å². The Bertz CT molecular complexity index is 865. The third-order valence-electron chi connectivity index (χ3n) is 5.71. The average Bonchev–Trinajstić information content (AvgIpc) is 2.68. The fraction of sp³-hybridized carbons (Fsp3) is 0.429. The van der Waals surface area contributed by atoms with Gasteiger partial charge in [0, 0.05) is 5.92 Å². The molecule has 3 rings (SSSR count). The highest BCUT2D eigenvalue weighted by atomic mass is 16.5. The summed E-state index contributed by atoms with van der Waals surface area (Å²) in [6, 6.07) is 13.9. The molecule has 1 fully saturated rings. The van der Waals surface area contributed by atoms with Crippen LogP contribution in [0.5, 0.6) is 5.75 Å². The minimum absolute atomic E-state index is 0.0924. The van der Waals surface area contributed by atoms with Crippen LogP contribution in [0.3, 0.4) is 0 Å². The molecule has 1 aromatic rings. The summed E-state index contributed by atoms with van der Waals surface area (Å²) in [7, 11) is 1.60. The van der Waals surface area contributed by atoms with Gasteiger partial charge >= 0.3 is 0 Å². The van der Waals surface area contributed by atoms with Crippen molar-refractivity contribution in [2.24, 2.45) is 23.2 Å². The average molecular weight is 344 g/mol. The summed E-state index contributed by atoms with van der Waals surface area (Å²) < 4.78 is 5.22. The molecule has 0 unspecified atom stereocenters. The lowest BCUT2D eigenvalue weighted by molar-refractivity contribution is 0.299. The van der Waals surface area contributed by atoms with Crippen LogP contribution in [0.25, 0.3) is 0 Å². The molecule has 0 heterocycles. The zero-order valence-electron chi connectivity index (χ0n) is 14.9. The molecule has 2 aliphatic rings. The fourth-order valence-corrected chi connectivity index (χ4v) is 4.38. The van der Waals surface area contributed by atoms with Gasteiger partial charge in [0.15, 0.2) is 0 Å². The lowest BCUT2D eigenvalue weighted by Gasteiger charge is -2.46. The lowest BCUT2D eigenvalue weighted by Crippen LogP contribution is -2.48. The van der Waals surface area contributed by atoms with Crippen LogP contribution in [0.1, 0.15) is 31.2 Å². The van der Waals surface area contributed by atoms with Gasteiger partial charge in [-0.05, 0) is 47.9 Å². The van der Waals surface area contributed by atoms with Crippen LogP contribution >= 0.6 is 0 Å². The summed E-state index contributed by atoms with van der Waals surface area (Å²) in [4.78, 5) is 0. The highest BCUT2D eigenvalue weighted by molar-refractivity contribution is 6.01. The maximum Gasteiger partial charge on any atom is 0.203 e. The van der Waals surface area contributed by atoms with Crippen molar-refractivity contribution in [3.8, 4) is 24.0 Å². The topological polar surface area (TPSA) is 104 Å². The molecule has 5 heteroatoms. The summed E-state index contributed by atoms with van der Waals surface area (Å²) in [5.41, 5.74) is -0.0638. The lowest BCUT2D eigenvalue weighted by atomic mass is 9.53. The molecule has 0 spiro atoms. The number of fused-ring (bicyclic) bond motifs is 1. The van der Waals surface area contributed by atoms with E-state index in [0.29, 0.717) is 11.5 Å². The van der Waals surface area contributed by atoms with E-state index < -0.39 is 11.3 Å². The van der Waals surface area contributed by atoms with Crippen molar-refractivity contribution in [1.82, 2.24) is 0 Å². The van der Waals surface area contributed by atoms with Gasteiger partial charge in [-0.1, -0.05) is 25.1 Å². The molecular weight excluding hydrogens is 324 g/mol.